The summed E-state index contributed by atoms with van der Waals surface area (Å²) in [5.74, 6) is 0. The lowest BCUT2D eigenvalue weighted by Gasteiger charge is -2.44. The number of unbranched alkanes of at least 4 members (excludes halogenated alkanes) is 9. The molecule has 0 N–H and O–H groups in total. The summed E-state index contributed by atoms with van der Waals surface area (Å²) >= 11 is 0. The fourth-order valence-corrected chi connectivity index (χ4v) is 11.2. The predicted octanol–water partition coefficient (Wildman–Crippen LogP) is 13.4. The topological polar surface area (TPSA) is 0 Å². The summed E-state index contributed by atoms with van der Waals surface area (Å²) in [6.07, 6.45) is 21.2. The molecule has 0 amide bonds. The number of hydrogen-bond acceptors (Lipinski definition) is 0. The Hall–Kier alpha value is -4.19. The van der Waals surface area contributed by atoms with Gasteiger partial charge in [0.25, 0.3) is 0 Å². The van der Waals surface area contributed by atoms with E-state index in [0.717, 1.165) is 0 Å². The van der Waals surface area contributed by atoms with Crippen LogP contribution in [-0.4, -0.2) is 24.6 Å². The van der Waals surface area contributed by atoms with Crippen LogP contribution >= 0.6 is 7.92 Å². The van der Waals surface area contributed by atoms with E-state index in [2.05, 4.69) is 191 Å². The zero-order valence-corrected chi connectivity index (χ0v) is 36.0. The molecular formula is C54H70BP. The third-order valence-electron chi connectivity index (χ3n) is 11.2. The van der Waals surface area contributed by atoms with Crippen molar-refractivity contribution in [3.8, 4) is 11.1 Å². The highest BCUT2D eigenvalue weighted by Gasteiger charge is 2.31. The summed E-state index contributed by atoms with van der Waals surface area (Å²) < 4.78 is 0. The Morgan fingerprint density at radius 3 is 0.750 bits per heavy atom. The van der Waals surface area contributed by atoms with Crippen molar-refractivity contribution in [1.82, 2.24) is 0 Å². The molecule has 0 aliphatic carbocycles. The van der Waals surface area contributed by atoms with Gasteiger partial charge in [-0.05, 0) is 49.7 Å². The van der Waals surface area contributed by atoms with Crippen LogP contribution in [-0.2, 0) is 0 Å². The minimum Gasteiger partial charge on any atom is -0.195 e. The van der Waals surface area contributed by atoms with E-state index in [1.807, 2.05) is 12.1 Å². The molecule has 0 aromatic heterocycles. The molecule has 0 fully saturated rings. The second-order valence-electron chi connectivity index (χ2n) is 15.4. The van der Waals surface area contributed by atoms with Gasteiger partial charge in [-0.2, -0.15) is 21.9 Å². The molecule has 6 aromatic carbocycles. The molecular weight excluding hydrogens is 690 g/mol. The third kappa shape index (κ3) is 14.7. The first kappa shape index (κ1) is 44.5. The maximum atomic E-state index is 2.32. The van der Waals surface area contributed by atoms with Crippen LogP contribution in [0.2, 0.25) is 0 Å². The quantitative estimate of drug-likeness (QED) is 0.0413. The Balaban J connectivity index is 0.000000199. The van der Waals surface area contributed by atoms with Gasteiger partial charge in [0.1, 0.15) is 6.15 Å². The molecule has 0 unspecified atom stereocenters. The van der Waals surface area contributed by atoms with E-state index in [-0.39, 0.29) is 7.92 Å². The lowest BCUT2D eigenvalue weighted by atomic mass is 9.13. The van der Waals surface area contributed by atoms with Crippen LogP contribution in [0.5, 0.6) is 0 Å². The standard InChI is InChI=1S/C24H20B.C18H39P.C12H10/c1-5-13-21(14-6-1)25(22-15-7-2-8-16-22,23-17-9-3-10-18-23)24-19-11-4-12-20-24;1-4-7-10-13-16-19(17-14-11-8-5-2)18-15-12-9-6-3;1-3-7-11(8-4-1)12-9-5-2-6-10-12/h1-20H;4-18H2,1-3H3;1-10H/q-1;;/p+1. The average Bonchev–Trinajstić information content (AvgIpc) is 3.28. The van der Waals surface area contributed by atoms with E-state index in [9.17, 15) is 0 Å². The minimum absolute atomic E-state index is 0.0139. The summed E-state index contributed by atoms with van der Waals surface area (Å²) in [7, 11) is 0.0139. The molecule has 0 bridgehead atoms. The first-order valence-corrected chi connectivity index (χ1v) is 24.2. The number of hydrogen-bond donors (Lipinski definition) is 0. The van der Waals surface area contributed by atoms with Gasteiger partial charge < -0.3 is 0 Å². The molecule has 0 saturated carbocycles. The van der Waals surface area contributed by atoms with Crippen molar-refractivity contribution in [2.24, 2.45) is 0 Å². The van der Waals surface area contributed by atoms with Crippen LogP contribution in [0.1, 0.15) is 97.8 Å². The molecule has 0 aliphatic rings. The summed E-state index contributed by atoms with van der Waals surface area (Å²) in [5.41, 5.74) is 7.91. The number of rotatable bonds is 20. The number of benzene rings is 6. The summed E-state index contributed by atoms with van der Waals surface area (Å²) in [6.45, 7) is 6.96. The van der Waals surface area contributed by atoms with Crippen LogP contribution in [0.3, 0.4) is 0 Å². The van der Waals surface area contributed by atoms with E-state index in [1.165, 1.54) is 110 Å². The molecule has 0 radical (unpaired) electrons. The predicted molar refractivity (Wildman–Crippen MR) is 257 cm³/mol. The molecule has 0 spiro atoms. The second-order valence-corrected chi connectivity index (χ2v) is 18.4. The van der Waals surface area contributed by atoms with E-state index in [1.54, 1.807) is 18.5 Å². The Labute approximate surface area is 343 Å². The maximum absolute atomic E-state index is 2.32. The highest BCUT2D eigenvalue weighted by atomic mass is 31.1. The highest BCUT2D eigenvalue weighted by Crippen LogP contribution is 2.39. The first-order valence-electron chi connectivity index (χ1n) is 22.1. The maximum Gasteiger partial charge on any atom is 0.108 e. The van der Waals surface area contributed by atoms with Crippen molar-refractivity contribution in [2.45, 2.75) is 97.8 Å². The van der Waals surface area contributed by atoms with Gasteiger partial charge in [-0.1, -0.05) is 241 Å². The fourth-order valence-electron chi connectivity index (χ4n) is 8.16. The van der Waals surface area contributed by atoms with Gasteiger partial charge in [-0.25, -0.2) is 0 Å². The first-order chi connectivity index (χ1) is 27.7. The van der Waals surface area contributed by atoms with Gasteiger partial charge in [-0.3, -0.25) is 0 Å². The van der Waals surface area contributed by atoms with Gasteiger partial charge in [-0.15, -0.1) is 0 Å². The monoisotopic (exact) mass is 761 g/mol. The Morgan fingerprint density at radius 1 is 0.286 bits per heavy atom. The van der Waals surface area contributed by atoms with Crippen molar-refractivity contribution >= 4 is 35.9 Å². The Morgan fingerprint density at radius 2 is 0.518 bits per heavy atom. The van der Waals surface area contributed by atoms with Gasteiger partial charge in [0.15, 0.2) is 0 Å². The molecule has 294 valence electrons. The summed E-state index contributed by atoms with van der Waals surface area (Å²) in [4.78, 5) is 0. The lowest BCUT2D eigenvalue weighted by Crippen LogP contribution is -2.74. The van der Waals surface area contributed by atoms with E-state index < -0.39 is 6.15 Å². The smallest absolute Gasteiger partial charge is 0.108 e. The normalized spacial score (nSPS) is 10.9. The van der Waals surface area contributed by atoms with Gasteiger partial charge in [0.05, 0.1) is 18.5 Å². The minimum atomic E-state index is -1.22. The molecule has 6 aromatic rings. The second kappa shape index (κ2) is 27.4. The molecule has 56 heavy (non-hydrogen) atoms. The van der Waals surface area contributed by atoms with Crippen LogP contribution < -0.4 is 21.9 Å². The van der Waals surface area contributed by atoms with Crippen molar-refractivity contribution in [1.29, 1.82) is 0 Å². The SMILES string of the molecule is CCCCCC[PH+](CCCCCC)CCCCCC.c1ccc(-c2ccccc2)cc1.c1ccc([B-](c2ccccc2)(c2ccccc2)c2ccccc2)cc1. The lowest BCUT2D eigenvalue weighted by molar-refractivity contribution is 0.687. The Kier molecular flexibility index (Phi) is 21.8. The summed E-state index contributed by atoms with van der Waals surface area (Å²) in [5, 5.41) is 0. The molecule has 2 heteroatoms. The van der Waals surface area contributed by atoms with E-state index >= 15 is 0 Å². The molecule has 0 heterocycles. The highest BCUT2D eigenvalue weighted by molar-refractivity contribution is 7.57. The largest absolute Gasteiger partial charge is 0.195 e. The molecule has 0 nitrogen and oxygen atoms in total. The third-order valence-corrected chi connectivity index (χ3v) is 14.4. The van der Waals surface area contributed by atoms with E-state index in [4.69, 9.17) is 0 Å². The van der Waals surface area contributed by atoms with Gasteiger partial charge in [0.2, 0.25) is 0 Å². The van der Waals surface area contributed by atoms with E-state index in [0.29, 0.717) is 0 Å². The fraction of sp³-hybridized carbons (Fsp3) is 0.333. The molecule has 0 saturated heterocycles. The van der Waals surface area contributed by atoms with Gasteiger partial charge >= 0.3 is 0 Å². The average molecular weight is 761 g/mol. The zero-order valence-electron chi connectivity index (χ0n) is 35.0. The van der Waals surface area contributed by atoms with Crippen LogP contribution in [0, 0.1) is 0 Å². The Bertz CT molecular complexity index is 1550. The molecule has 6 rings (SSSR count). The molecule has 0 atom stereocenters. The zero-order chi connectivity index (χ0) is 39.4. The van der Waals surface area contributed by atoms with Gasteiger partial charge in [0, 0.05) is 7.92 Å². The van der Waals surface area contributed by atoms with Crippen molar-refractivity contribution < 1.29 is 0 Å². The van der Waals surface area contributed by atoms with Crippen LogP contribution in [0.4, 0.5) is 0 Å². The van der Waals surface area contributed by atoms with Crippen molar-refractivity contribution in [3.63, 3.8) is 0 Å². The summed E-state index contributed by atoms with van der Waals surface area (Å²) in [6, 6.07) is 64.3. The van der Waals surface area contributed by atoms with Crippen molar-refractivity contribution in [2.75, 3.05) is 18.5 Å². The van der Waals surface area contributed by atoms with Crippen molar-refractivity contribution in [3.05, 3.63) is 182 Å². The van der Waals surface area contributed by atoms with Crippen LogP contribution in [0.15, 0.2) is 182 Å². The van der Waals surface area contributed by atoms with Crippen LogP contribution in [0.25, 0.3) is 11.1 Å². The molecule has 0 aliphatic heterocycles.